The minimum absolute atomic E-state index is 0.714. The number of piperidine rings is 3. The van der Waals surface area contributed by atoms with Crippen LogP contribution in [0.1, 0.15) is 64.2 Å². The molecule has 6 N–H and O–H groups in total. The Morgan fingerprint density at radius 3 is 1.07 bits per heavy atom. The molecule has 0 aromatic heterocycles. The molecule has 0 radical (unpaired) electrons. The molecular formula is C55H92N9O6+3. The predicted molar refractivity (Wildman–Crippen MR) is 287 cm³/mol. The highest BCUT2D eigenvalue weighted by atomic mass is 16.5. The number of likely N-dealkylation sites (N-methyl/N-ethyl adjacent to an activating group) is 2. The zero-order valence-corrected chi connectivity index (χ0v) is 43.6. The quantitative estimate of drug-likeness (QED) is 0.0666. The molecule has 6 aliphatic rings. The van der Waals surface area contributed by atoms with Crippen molar-refractivity contribution in [2.24, 2.45) is 0 Å². The van der Waals surface area contributed by atoms with Gasteiger partial charge in [0, 0.05) is 61.3 Å². The average molecular weight is 975 g/mol. The molecule has 0 aliphatic carbocycles. The minimum Gasteiger partial charge on any atom is -0.489 e. The summed E-state index contributed by atoms with van der Waals surface area (Å²) in [6, 6.07) is 17.7. The fraction of sp³-hybridized carbons (Fsp3) is 0.673. The first-order valence-corrected chi connectivity index (χ1v) is 27.0. The number of fused-ring (bicyclic) bond motifs is 3. The summed E-state index contributed by atoms with van der Waals surface area (Å²) < 4.78 is 38.4. The van der Waals surface area contributed by atoms with Crippen LogP contribution in [0.5, 0.6) is 17.2 Å². The van der Waals surface area contributed by atoms with Crippen LogP contribution in [0.3, 0.4) is 0 Å². The van der Waals surface area contributed by atoms with E-state index in [4.69, 9.17) is 45.6 Å². The van der Waals surface area contributed by atoms with Crippen LogP contribution in [0.15, 0.2) is 54.6 Å². The minimum atomic E-state index is 0.714. The number of quaternary nitrogens is 3. The van der Waals surface area contributed by atoms with Crippen LogP contribution in [-0.2, 0) is 14.2 Å². The molecule has 0 spiro atoms. The number of nitrogens with zero attached hydrogens (tertiary/aromatic N) is 6. The molecule has 3 fully saturated rings. The van der Waals surface area contributed by atoms with Crippen molar-refractivity contribution in [2.45, 2.75) is 64.2 Å². The number of ether oxygens (including phenoxy) is 6. The topological polar surface area (TPSA) is 143 Å². The Balaban J connectivity index is 0.000000155. The summed E-state index contributed by atoms with van der Waals surface area (Å²) >= 11 is 0. The number of anilines is 6. The van der Waals surface area contributed by atoms with Gasteiger partial charge >= 0.3 is 0 Å². The van der Waals surface area contributed by atoms with Gasteiger partial charge in [0.05, 0.1) is 143 Å². The van der Waals surface area contributed by atoms with Crippen LogP contribution in [0.4, 0.5) is 34.1 Å². The maximum Gasteiger partial charge on any atom is 0.144 e. The van der Waals surface area contributed by atoms with Gasteiger partial charge in [-0.1, -0.05) is 0 Å². The van der Waals surface area contributed by atoms with E-state index in [-0.39, 0.29) is 0 Å². The SMILES string of the molecule is C[N+]1(CCCOCCN2CCOc3cc(N)ccc32)CCCCC1.C[N+]1(CCOCCN2CCOc3cc(N)ccc32)CCCCC1.C[N+]1(CCOCCN2CCOc3cc(N)ccc32)CCCCC1. The first kappa shape index (κ1) is 53.4. The van der Waals surface area contributed by atoms with Gasteiger partial charge in [-0.2, -0.15) is 0 Å². The highest BCUT2D eigenvalue weighted by Gasteiger charge is 2.27. The summed E-state index contributed by atoms with van der Waals surface area (Å²) in [6.45, 7) is 23.9. The normalized spacial score (nSPS) is 19.8. The summed E-state index contributed by atoms with van der Waals surface area (Å²) in [5.41, 5.74) is 23.1. The molecule has 3 aromatic carbocycles. The van der Waals surface area contributed by atoms with Crippen molar-refractivity contribution in [1.29, 1.82) is 0 Å². The van der Waals surface area contributed by atoms with Crippen LogP contribution in [0.2, 0.25) is 0 Å². The summed E-state index contributed by atoms with van der Waals surface area (Å²) in [5.74, 6) is 2.68. The standard InChI is InChI=1S/C19H32N3O2.2C18H30N3O2/c1-22(10-3-2-4-11-22)12-5-13-23-14-8-21-9-15-24-19-16-17(20)6-7-18(19)21;2*1-21(9-3-2-4-10-21)11-14-22-12-7-20-8-13-23-18-15-16(19)5-6-17(18)20/h6-7,16H,2-5,8-15,20H2,1H3;2*5-6,15H,2-4,7-14,19H2,1H3/q3*+1. The van der Waals surface area contributed by atoms with E-state index in [9.17, 15) is 0 Å². The first-order valence-electron chi connectivity index (χ1n) is 27.0. The Bertz CT molecular complexity index is 1910. The first-order chi connectivity index (χ1) is 34.0. The van der Waals surface area contributed by atoms with Gasteiger partial charge in [-0.05, 0) is 94.2 Å². The van der Waals surface area contributed by atoms with Crippen molar-refractivity contribution in [3.63, 3.8) is 0 Å². The zero-order valence-electron chi connectivity index (χ0n) is 43.6. The summed E-state index contributed by atoms with van der Waals surface area (Å²) in [4.78, 5) is 6.99. The van der Waals surface area contributed by atoms with Gasteiger partial charge in [-0.25, -0.2) is 0 Å². The Kier molecular flexibility index (Phi) is 20.5. The lowest BCUT2D eigenvalue weighted by Crippen LogP contribution is -2.49. The van der Waals surface area contributed by atoms with E-state index in [1.807, 2.05) is 54.6 Å². The second kappa shape index (κ2) is 26.9. The molecule has 15 heteroatoms. The molecule has 15 nitrogen and oxygen atoms in total. The van der Waals surface area contributed by atoms with E-state index in [1.165, 1.54) is 117 Å². The number of hydrogen-bond acceptors (Lipinski definition) is 12. The molecule has 3 saturated heterocycles. The zero-order chi connectivity index (χ0) is 49.1. The molecule has 0 saturated carbocycles. The van der Waals surface area contributed by atoms with E-state index in [2.05, 4.69) is 35.8 Å². The van der Waals surface area contributed by atoms with Crippen molar-refractivity contribution in [3.8, 4) is 17.2 Å². The van der Waals surface area contributed by atoms with Crippen molar-refractivity contribution < 1.29 is 41.9 Å². The average Bonchev–Trinajstić information content (AvgIpc) is 3.35. The molecule has 6 heterocycles. The Labute approximate surface area is 421 Å². The Morgan fingerprint density at radius 1 is 0.414 bits per heavy atom. The van der Waals surface area contributed by atoms with Gasteiger partial charge in [0.15, 0.2) is 0 Å². The highest BCUT2D eigenvalue weighted by Crippen LogP contribution is 2.35. The summed E-state index contributed by atoms with van der Waals surface area (Å²) in [7, 11) is 7.13. The van der Waals surface area contributed by atoms with Gasteiger partial charge in [0.1, 0.15) is 50.2 Å². The number of likely N-dealkylation sites (tertiary alicyclic amines) is 3. The Hall–Kier alpha value is -4.38. The molecule has 0 bridgehead atoms. The number of nitrogen functional groups attached to an aromatic ring is 3. The number of rotatable bonds is 19. The fourth-order valence-corrected chi connectivity index (χ4v) is 11.0. The second-order valence-electron chi connectivity index (χ2n) is 21.4. The van der Waals surface area contributed by atoms with Gasteiger partial charge in [-0.15, -0.1) is 0 Å². The molecule has 70 heavy (non-hydrogen) atoms. The lowest BCUT2D eigenvalue weighted by Gasteiger charge is -2.37. The molecule has 390 valence electrons. The smallest absolute Gasteiger partial charge is 0.144 e. The Morgan fingerprint density at radius 2 is 0.729 bits per heavy atom. The predicted octanol–water partition coefficient (Wildman–Crippen LogP) is 6.73. The molecule has 6 aliphatic heterocycles. The molecule has 9 rings (SSSR count). The van der Waals surface area contributed by atoms with Crippen molar-refractivity contribution in [1.82, 2.24) is 0 Å². The van der Waals surface area contributed by atoms with E-state index in [1.54, 1.807) is 0 Å². The van der Waals surface area contributed by atoms with E-state index in [0.717, 1.165) is 150 Å². The van der Waals surface area contributed by atoms with Gasteiger partial charge in [0.2, 0.25) is 0 Å². The van der Waals surface area contributed by atoms with E-state index in [0.29, 0.717) is 19.8 Å². The lowest BCUT2D eigenvalue weighted by atomic mass is 10.1. The van der Waals surface area contributed by atoms with Crippen molar-refractivity contribution in [3.05, 3.63) is 54.6 Å². The van der Waals surface area contributed by atoms with Crippen LogP contribution in [0, 0.1) is 0 Å². The number of nitrogens with two attached hydrogens (primary N) is 3. The number of benzene rings is 3. The van der Waals surface area contributed by atoms with Crippen LogP contribution in [0.25, 0.3) is 0 Å². The monoisotopic (exact) mass is 975 g/mol. The van der Waals surface area contributed by atoms with Crippen LogP contribution >= 0.6 is 0 Å². The fourth-order valence-electron chi connectivity index (χ4n) is 11.0. The largest absolute Gasteiger partial charge is 0.489 e. The molecular weight excluding hydrogens is 883 g/mol. The lowest BCUT2D eigenvalue weighted by molar-refractivity contribution is -0.914. The van der Waals surface area contributed by atoms with Crippen LogP contribution < -0.4 is 46.1 Å². The second-order valence-corrected chi connectivity index (χ2v) is 21.4. The third-order valence-electron chi connectivity index (χ3n) is 15.6. The molecule has 0 amide bonds. The molecule has 0 atom stereocenters. The van der Waals surface area contributed by atoms with Crippen molar-refractivity contribution >= 4 is 34.1 Å². The van der Waals surface area contributed by atoms with E-state index >= 15 is 0 Å². The van der Waals surface area contributed by atoms with Gasteiger partial charge < -0.3 is 73.8 Å². The molecule has 3 aromatic rings. The number of hydrogen-bond donors (Lipinski definition) is 3. The summed E-state index contributed by atoms with van der Waals surface area (Å²) in [5, 5.41) is 0. The highest BCUT2D eigenvalue weighted by molar-refractivity contribution is 5.66. The van der Waals surface area contributed by atoms with E-state index < -0.39 is 0 Å². The molecule has 0 unspecified atom stereocenters. The third-order valence-corrected chi connectivity index (χ3v) is 15.6. The maximum atomic E-state index is 5.92. The van der Waals surface area contributed by atoms with Crippen LogP contribution in [-0.4, -0.2) is 192 Å². The summed E-state index contributed by atoms with van der Waals surface area (Å²) in [6.07, 6.45) is 13.6. The third kappa shape index (κ3) is 16.6. The van der Waals surface area contributed by atoms with Gasteiger partial charge in [0.25, 0.3) is 0 Å². The van der Waals surface area contributed by atoms with Crippen molar-refractivity contribution in [2.75, 3.05) is 211 Å². The maximum absolute atomic E-state index is 5.92. The van der Waals surface area contributed by atoms with Gasteiger partial charge in [-0.3, -0.25) is 0 Å².